The highest BCUT2D eigenvalue weighted by Crippen LogP contribution is 2.31. The van der Waals surface area contributed by atoms with Crippen LogP contribution in [0.4, 0.5) is 10.6 Å². The number of aromatic nitrogens is 3. The second-order valence-corrected chi connectivity index (χ2v) is 10.1. The molecule has 3 heterocycles. The second kappa shape index (κ2) is 12.8. The lowest BCUT2D eigenvalue weighted by molar-refractivity contribution is 0.0958. The van der Waals surface area contributed by atoms with Gasteiger partial charge in [0.05, 0.1) is 24.0 Å². The number of ether oxygens (including phenoxy) is 1. The lowest BCUT2D eigenvalue weighted by atomic mass is 9.94. The molecule has 1 aliphatic rings. The van der Waals surface area contributed by atoms with Crippen LogP contribution in [0, 0.1) is 6.92 Å². The van der Waals surface area contributed by atoms with Crippen molar-refractivity contribution >= 4 is 17.8 Å². The van der Waals surface area contributed by atoms with E-state index in [9.17, 15) is 9.59 Å². The van der Waals surface area contributed by atoms with Crippen molar-refractivity contribution < 1.29 is 14.3 Å². The highest BCUT2D eigenvalue weighted by molar-refractivity contribution is 5.93. The van der Waals surface area contributed by atoms with Crippen LogP contribution in [0.1, 0.15) is 27.5 Å². The normalized spacial score (nSPS) is 16.9. The highest BCUT2D eigenvalue weighted by Gasteiger charge is 2.35. The number of likely N-dealkylation sites (tertiary alicyclic amines) is 1. The van der Waals surface area contributed by atoms with Gasteiger partial charge in [-0.1, -0.05) is 48.5 Å². The molecule has 0 aliphatic carbocycles. The smallest absolute Gasteiger partial charge is 0.320 e. The van der Waals surface area contributed by atoms with Crippen LogP contribution in [0.2, 0.25) is 0 Å². The number of methoxy groups -OCH3 is 1. The first-order valence-electron chi connectivity index (χ1n) is 13.7. The van der Waals surface area contributed by atoms with E-state index in [2.05, 4.69) is 38.0 Å². The van der Waals surface area contributed by atoms with Crippen molar-refractivity contribution in [2.75, 3.05) is 45.7 Å². The van der Waals surface area contributed by atoms with Crippen molar-refractivity contribution in [1.29, 1.82) is 0 Å². The molecule has 0 spiro atoms. The molecule has 212 valence electrons. The van der Waals surface area contributed by atoms with E-state index < -0.39 is 0 Å². The molecule has 3 amide bonds. The number of nitrogens with one attached hydrogen (secondary N) is 3. The van der Waals surface area contributed by atoms with Gasteiger partial charge in [-0.3, -0.25) is 20.0 Å². The topological polar surface area (TPSA) is 113 Å². The summed E-state index contributed by atoms with van der Waals surface area (Å²) < 4.78 is 7.02. The Morgan fingerprint density at radius 2 is 1.73 bits per heavy atom. The zero-order chi connectivity index (χ0) is 28.8. The molecule has 0 radical (unpaired) electrons. The molecule has 2 atom stereocenters. The molecular formula is C31H35N7O3. The van der Waals surface area contributed by atoms with Gasteiger partial charge in [-0.15, -0.1) is 0 Å². The molecule has 0 unspecified atom stereocenters. The third-order valence-corrected chi connectivity index (χ3v) is 7.40. The lowest BCUT2D eigenvalue weighted by Gasteiger charge is -2.21. The highest BCUT2D eigenvalue weighted by atomic mass is 16.5. The van der Waals surface area contributed by atoms with E-state index in [-0.39, 0.29) is 23.9 Å². The van der Waals surface area contributed by atoms with E-state index >= 15 is 0 Å². The number of benzene rings is 2. The number of urea groups is 1. The molecule has 3 N–H and O–H groups in total. The molecule has 41 heavy (non-hydrogen) atoms. The Bertz CT molecular complexity index is 1470. The molecule has 5 rings (SSSR count). The molecule has 4 aromatic rings. The maximum Gasteiger partial charge on any atom is 0.320 e. The number of carbonyl (C=O) groups excluding carboxylic acids is 2. The maximum atomic E-state index is 13.5. The minimum absolute atomic E-state index is 0.0800. The summed E-state index contributed by atoms with van der Waals surface area (Å²) in [5, 5.41) is 13.7. The number of anilines is 1. The molecular weight excluding hydrogens is 518 g/mol. The largest absolute Gasteiger partial charge is 0.383 e. The van der Waals surface area contributed by atoms with Crippen LogP contribution in [-0.4, -0.2) is 78.0 Å². The van der Waals surface area contributed by atoms with Crippen molar-refractivity contribution in [3.63, 3.8) is 0 Å². The Balaban J connectivity index is 1.42. The Hall–Kier alpha value is -4.54. The number of hydrogen-bond acceptors (Lipinski definition) is 6. The third-order valence-electron chi connectivity index (χ3n) is 7.40. The molecule has 2 aromatic carbocycles. The summed E-state index contributed by atoms with van der Waals surface area (Å²) >= 11 is 0. The number of rotatable bonds is 9. The number of pyridine rings is 1. The van der Waals surface area contributed by atoms with Gasteiger partial charge >= 0.3 is 6.03 Å². The molecule has 0 bridgehead atoms. The van der Waals surface area contributed by atoms with Gasteiger partial charge in [0.1, 0.15) is 11.5 Å². The molecule has 2 aromatic heterocycles. The van der Waals surface area contributed by atoms with E-state index in [4.69, 9.17) is 9.84 Å². The van der Waals surface area contributed by atoms with Gasteiger partial charge in [0, 0.05) is 57.0 Å². The standard InChI is InChI=1S/C31H35N7O3/c1-21-28(23-14-15-26(33-18-23)30(39)32-2)36-38(24-12-8-5-9-13-24)29(21)35-31(40)34-27-20-37(16-17-41-3)19-25(27)22-10-6-4-7-11-22/h4-15,18,25,27H,16-17,19-20H2,1-3H3,(H,32,39)(H2,34,35,40)/t25-,27+/m0/s1. The van der Waals surface area contributed by atoms with Gasteiger partial charge < -0.3 is 15.4 Å². The van der Waals surface area contributed by atoms with E-state index in [1.54, 1.807) is 31.1 Å². The fourth-order valence-electron chi connectivity index (χ4n) is 5.25. The average molecular weight is 554 g/mol. The minimum Gasteiger partial charge on any atom is -0.383 e. The van der Waals surface area contributed by atoms with Crippen LogP contribution in [0.5, 0.6) is 0 Å². The summed E-state index contributed by atoms with van der Waals surface area (Å²) in [6.07, 6.45) is 1.62. The van der Waals surface area contributed by atoms with Gasteiger partial charge in [0.2, 0.25) is 0 Å². The summed E-state index contributed by atoms with van der Waals surface area (Å²) in [4.78, 5) is 32.1. The van der Waals surface area contributed by atoms with Crippen LogP contribution in [0.15, 0.2) is 79.0 Å². The van der Waals surface area contributed by atoms with Crippen LogP contribution in [0.25, 0.3) is 16.9 Å². The summed E-state index contributed by atoms with van der Waals surface area (Å²) in [6.45, 7) is 4.91. The Morgan fingerprint density at radius 3 is 2.39 bits per heavy atom. The quantitative estimate of drug-likeness (QED) is 0.290. The first kappa shape index (κ1) is 28.0. The molecule has 0 saturated carbocycles. The lowest BCUT2D eigenvalue weighted by Crippen LogP contribution is -2.42. The number of amides is 3. The van der Waals surface area contributed by atoms with Crippen molar-refractivity contribution in [1.82, 2.24) is 30.3 Å². The predicted octanol–water partition coefficient (Wildman–Crippen LogP) is 3.84. The van der Waals surface area contributed by atoms with E-state index in [0.717, 1.165) is 36.4 Å². The van der Waals surface area contributed by atoms with Crippen molar-refractivity contribution in [3.8, 4) is 16.9 Å². The zero-order valence-electron chi connectivity index (χ0n) is 23.5. The number of hydrogen-bond donors (Lipinski definition) is 3. The Labute approximate surface area is 239 Å². The van der Waals surface area contributed by atoms with Gasteiger partial charge in [0.15, 0.2) is 0 Å². The molecule has 1 aliphatic heterocycles. The fourth-order valence-corrected chi connectivity index (χ4v) is 5.25. The predicted molar refractivity (Wildman–Crippen MR) is 158 cm³/mol. The zero-order valence-corrected chi connectivity index (χ0v) is 23.5. The van der Waals surface area contributed by atoms with Crippen LogP contribution in [-0.2, 0) is 4.74 Å². The van der Waals surface area contributed by atoms with E-state index in [1.165, 1.54) is 5.56 Å². The summed E-state index contributed by atoms with van der Waals surface area (Å²) in [5.74, 6) is 0.451. The minimum atomic E-state index is -0.302. The number of para-hydroxylation sites is 1. The third kappa shape index (κ3) is 6.29. The summed E-state index contributed by atoms with van der Waals surface area (Å²) in [6, 6.07) is 23.0. The Kier molecular flexibility index (Phi) is 8.71. The monoisotopic (exact) mass is 553 g/mol. The van der Waals surface area contributed by atoms with Crippen LogP contribution >= 0.6 is 0 Å². The van der Waals surface area contributed by atoms with Crippen LogP contribution < -0.4 is 16.0 Å². The second-order valence-electron chi connectivity index (χ2n) is 10.1. The number of carbonyl (C=O) groups is 2. The fraction of sp³-hybridized carbons (Fsp3) is 0.290. The van der Waals surface area contributed by atoms with Gasteiger partial charge in [-0.2, -0.15) is 5.10 Å². The van der Waals surface area contributed by atoms with Gasteiger partial charge in [0.25, 0.3) is 5.91 Å². The van der Waals surface area contributed by atoms with E-state index in [1.807, 2.05) is 61.5 Å². The number of nitrogens with zero attached hydrogens (tertiary/aromatic N) is 4. The summed E-state index contributed by atoms with van der Waals surface area (Å²) in [5.41, 5.74) is 4.50. The van der Waals surface area contributed by atoms with E-state index in [0.29, 0.717) is 23.8 Å². The first-order chi connectivity index (χ1) is 20.0. The van der Waals surface area contributed by atoms with Gasteiger partial charge in [-0.25, -0.2) is 9.48 Å². The molecule has 10 nitrogen and oxygen atoms in total. The average Bonchev–Trinajstić information content (AvgIpc) is 3.56. The Morgan fingerprint density at radius 1 is 1.00 bits per heavy atom. The molecule has 1 fully saturated rings. The van der Waals surface area contributed by atoms with Crippen molar-refractivity contribution in [3.05, 3.63) is 95.8 Å². The SMILES string of the molecule is CNC(=O)c1ccc(-c2nn(-c3ccccc3)c(NC(=O)N[C@@H]3CN(CCOC)C[C@H]3c3ccccc3)c2C)cn1. The van der Waals surface area contributed by atoms with Crippen molar-refractivity contribution in [2.45, 2.75) is 18.9 Å². The van der Waals surface area contributed by atoms with Crippen LogP contribution in [0.3, 0.4) is 0 Å². The molecule has 1 saturated heterocycles. The van der Waals surface area contributed by atoms with Gasteiger partial charge in [-0.05, 0) is 36.8 Å². The molecule has 10 heteroatoms. The van der Waals surface area contributed by atoms with Crippen molar-refractivity contribution in [2.24, 2.45) is 0 Å². The maximum absolute atomic E-state index is 13.5. The summed E-state index contributed by atoms with van der Waals surface area (Å²) in [7, 11) is 3.27. The first-order valence-corrected chi connectivity index (χ1v) is 13.7.